The van der Waals surface area contributed by atoms with E-state index in [9.17, 15) is 13.5 Å². The largest absolute Gasteiger partial charge is 0.483 e. The molecule has 2 atom stereocenters. The number of hydrogen-bond donors (Lipinski definition) is 1. The zero-order valence-corrected chi connectivity index (χ0v) is 14.0. The average molecular weight is 345 g/mol. The molecule has 9 heteroatoms. The van der Waals surface area contributed by atoms with Gasteiger partial charge in [0.05, 0.1) is 24.7 Å². The Morgan fingerprint density at radius 1 is 1.39 bits per heavy atom. The number of ether oxygens (including phenoxy) is 2. The first-order chi connectivity index (χ1) is 10.9. The molecule has 0 saturated carbocycles. The standard InChI is InChI=1S/C14H23N3O5S/c1-16-7-12(6-15-16)22-14-9-17(8-13(14)18)23(19,20)10-11-2-4-21-5-3-11/h6-7,11,13-14,18H,2-5,8-10H2,1H3/t13-,14-/m1/s1. The molecule has 8 nitrogen and oxygen atoms in total. The number of aryl methyl sites for hydroxylation is 1. The third-order valence-electron chi connectivity index (χ3n) is 4.35. The fourth-order valence-corrected chi connectivity index (χ4v) is 4.91. The lowest BCUT2D eigenvalue weighted by molar-refractivity contribution is 0.0720. The summed E-state index contributed by atoms with van der Waals surface area (Å²) in [5.74, 6) is 0.771. The van der Waals surface area contributed by atoms with E-state index in [1.165, 1.54) is 4.31 Å². The van der Waals surface area contributed by atoms with Gasteiger partial charge in [0.2, 0.25) is 10.0 Å². The molecule has 2 aliphatic rings. The zero-order chi connectivity index (χ0) is 16.4. The highest BCUT2D eigenvalue weighted by atomic mass is 32.2. The van der Waals surface area contributed by atoms with Gasteiger partial charge >= 0.3 is 0 Å². The third-order valence-corrected chi connectivity index (χ3v) is 6.33. The lowest BCUT2D eigenvalue weighted by Crippen LogP contribution is -2.36. The van der Waals surface area contributed by atoms with E-state index in [-0.39, 0.29) is 24.8 Å². The van der Waals surface area contributed by atoms with Crippen molar-refractivity contribution in [2.24, 2.45) is 13.0 Å². The Balaban J connectivity index is 1.60. The molecule has 0 bridgehead atoms. The van der Waals surface area contributed by atoms with Crippen LogP contribution in [0, 0.1) is 5.92 Å². The quantitative estimate of drug-likeness (QED) is 0.780. The predicted octanol–water partition coefficient (Wildman–Crippen LogP) is -0.400. The highest BCUT2D eigenvalue weighted by molar-refractivity contribution is 7.89. The van der Waals surface area contributed by atoms with Gasteiger partial charge in [-0.1, -0.05) is 0 Å². The summed E-state index contributed by atoms with van der Waals surface area (Å²) < 4.78 is 39.0. The van der Waals surface area contributed by atoms with Crippen LogP contribution < -0.4 is 4.74 Å². The van der Waals surface area contributed by atoms with E-state index in [1.54, 1.807) is 24.1 Å². The van der Waals surface area contributed by atoms with Gasteiger partial charge in [-0.25, -0.2) is 8.42 Å². The van der Waals surface area contributed by atoms with Gasteiger partial charge in [0.25, 0.3) is 0 Å². The Morgan fingerprint density at radius 2 is 2.13 bits per heavy atom. The smallest absolute Gasteiger partial charge is 0.214 e. The molecule has 0 aromatic carbocycles. The first-order valence-electron chi connectivity index (χ1n) is 7.83. The number of aliphatic hydroxyl groups excluding tert-OH is 1. The van der Waals surface area contributed by atoms with Crippen molar-refractivity contribution < 1.29 is 23.0 Å². The highest BCUT2D eigenvalue weighted by Crippen LogP contribution is 2.24. The molecule has 23 heavy (non-hydrogen) atoms. The monoisotopic (exact) mass is 345 g/mol. The maximum absolute atomic E-state index is 12.6. The lowest BCUT2D eigenvalue weighted by Gasteiger charge is -2.24. The molecule has 0 aliphatic carbocycles. The number of nitrogens with zero attached hydrogens (tertiary/aromatic N) is 3. The van der Waals surface area contributed by atoms with Crippen LogP contribution in [0.4, 0.5) is 0 Å². The Labute approximate surface area is 136 Å². The molecule has 2 aliphatic heterocycles. The Hall–Kier alpha value is -1.16. The molecule has 0 unspecified atom stereocenters. The van der Waals surface area contributed by atoms with Crippen molar-refractivity contribution in [3.63, 3.8) is 0 Å². The van der Waals surface area contributed by atoms with Crippen LogP contribution in [-0.4, -0.2) is 71.9 Å². The van der Waals surface area contributed by atoms with Gasteiger partial charge in [-0.15, -0.1) is 0 Å². The summed E-state index contributed by atoms with van der Waals surface area (Å²) >= 11 is 0. The first kappa shape index (κ1) is 16.7. The number of rotatable bonds is 5. The van der Waals surface area contributed by atoms with Crippen LogP contribution in [0.1, 0.15) is 12.8 Å². The highest BCUT2D eigenvalue weighted by Gasteiger charge is 2.40. The molecule has 3 heterocycles. The summed E-state index contributed by atoms with van der Waals surface area (Å²) in [6, 6.07) is 0. The van der Waals surface area contributed by atoms with Crippen LogP contribution in [0.5, 0.6) is 5.75 Å². The molecule has 3 rings (SSSR count). The topological polar surface area (TPSA) is 93.9 Å². The van der Waals surface area contributed by atoms with Crippen LogP contribution in [0.3, 0.4) is 0 Å². The minimum Gasteiger partial charge on any atom is -0.483 e. The van der Waals surface area contributed by atoms with Gasteiger partial charge < -0.3 is 14.6 Å². The molecule has 0 radical (unpaired) electrons. The van der Waals surface area contributed by atoms with Gasteiger partial charge in [0.15, 0.2) is 5.75 Å². The van der Waals surface area contributed by atoms with Crippen LogP contribution in [0.25, 0.3) is 0 Å². The van der Waals surface area contributed by atoms with Gasteiger partial charge in [0.1, 0.15) is 12.2 Å². The van der Waals surface area contributed by atoms with Gasteiger partial charge in [-0.3, -0.25) is 4.68 Å². The fourth-order valence-electron chi connectivity index (χ4n) is 3.02. The summed E-state index contributed by atoms with van der Waals surface area (Å²) in [6.07, 6.45) is 3.37. The van der Waals surface area contributed by atoms with Crippen molar-refractivity contribution in [1.29, 1.82) is 0 Å². The van der Waals surface area contributed by atoms with E-state index in [0.29, 0.717) is 19.0 Å². The maximum Gasteiger partial charge on any atom is 0.214 e. The molecule has 1 aromatic rings. The normalized spacial score (nSPS) is 27.4. The number of aliphatic hydroxyl groups is 1. The number of hydrogen-bond acceptors (Lipinski definition) is 6. The molecular formula is C14H23N3O5S. The number of β-amino-alcohol motifs (C(OH)–C–C–N with tert-alkyl or cyclic N) is 1. The van der Waals surface area contributed by atoms with Gasteiger partial charge in [0, 0.05) is 26.8 Å². The number of aromatic nitrogens is 2. The molecule has 2 saturated heterocycles. The van der Waals surface area contributed by atoms with Crippen LogP contribution in [0.2, 0.25) is 0 Å². The van der Waals surface area contributed by atoms with Crippen molar-refractivity contribution in [2.75, 3.05) is 32.1 Å². The molecule has 1 N–H and O–H groups in total. The van der Waals surface area contributed by atoms with E-state index < -0.39 is 22.2 Å². The van der Waals surface area contributed by atoms with Crippen LogP contribution in [0.15, 0.2) is 12.4 Å². The van der Waals surface area contributed by atoms with Gasteiger partial charge in [-0.2, -0.15) is 9.40 Å². The Bertz CT molecular complexity index is 626. The Kier molecular flexibility index (Phi) is 4.90. The van der Waals surface area contributed by atoms with Crippen LogP contribution in [-0.2, 0) is 21.8 Å². The third kappa shape index (κ3) is 4.03. The van der Waals surface area contributed by atoms with E-state index in [0.717, 1.165) is 12.8 Å². The van der Waals surface area contributed by atoms with Crippen molar-refractivity contribution in [2.45, 2.75) is 25.0 Å². The van der Waals surface area contributed by atoms with E-state index in [1.807, 2.05) is 0 Å². The van der Waals surface area contributed by atoms with Crippen molar-refractivity contribution in [3.8, 4) is 5.75 Å². The predicted molar refractivity (Wildman–Crippen MR) is 82.5 cm³/mol. The van der Waals surface area contributed by atoms with E-state index in [2.05, 4.69) is 5.10 Å². The lowest BCUT2D eigenvalue weighted by atomic mass is 10.0. The molecule has 130 valence electrons. The summed E-state index contributed by atoms with van der Waals surface area (Å²) in [5, 5.41) is 14.1. The summed E-state index contributed by atoms with van der Waals surface area (Å²) in [7, 11) is -1.63. The van der Waals surface area contributed by atoms with E-state index in [4.69, 9.17) is 9.47 Å². The SMILES string of the molecule is Cn1cc(O[C@@H]2CN(S(=O)(=O)CC3CCOCC3)C[C@H]2O)cn1. The molecule has 0 spiro atoms. The first-order valence-corrected chi connectivity index (χ1v) is 9.44. The second kappa shape index (κ2) is 6.76. The summed E-state index contributed by atoms with van der Waals surface area (Å²) in [4.78, 5) is 0. The Morgan fingerprint density at radius 3 is 2.78 bits per heavy atom. The minimum absolute atomic E-state index is 0.0798. The van der Waals surface area contributed by atoms with Gasteiger partial charge in [-0.05, 0) is 18.8 Å². The summed E-state index contributed by atoms with van der Waals surface area (Å²) in [6.45, 7) is 1.49. The summed E-state index contributed by atoms with van der Waals surface area (Å²) in [5.41, 5.74) is 0. The van der Waals surface area contributed by atoms with Crippen molar-refractivity contribution in [1.82, 2.24) is 14.1 Å². The van der Waals surface area contributed by atoms with Crippen LogP contribution >= 0.6 is 0 Å². The average Bonchev–Trinajstić information content (AvgIpc) is 3.07. The van der Waals surface area contributed by atoms with Crippen molar-refractivity contribution in [3.05, 3.63) is 12.4 Å². The second-order valence-corrected chi connectivity index (χ2v) is 8.24. The molecule has 1 aromatic heterocycles. The number of sulfonamides is 1. The molecule has 0 amide bonds. The maximum atomic E-state index is 12.6. The molecule has 2 fully saturated rings. The minimum atomic E-state index is -3.40. The fraction of sp³-hybridized carbons (Fsp3) is 0.786. The van der Waals surface area contributed by atoms with Crippen molar-refractivity contribution >= 4 is 10.0 Å². The van der Waals surface area contributed by atoms with E-state index >= 15 is 0 Å². The molecular weight excluding hydrogens is 322 g/mol. The second-order valence-electron chi connectivity index (χ2n) is 6.22. The zero-order valence-electron chi connectivity index (χ0n) is 13.2.